The molecule has 1 amide bonds. The predicted molar refractivity (Wildman–Crippen MR) is 159 cm³/mol. The van der Waals surface area contributed by atoms with Gasteiger partial charge in [0.1, 0.15) is 18.0 Å². The molecule has 7 nitrogen and oxygen atoms in total. The van der Waals surface area contributed by atoms with Crippen molar-refractivity contribution < 1.29 is 31.1 Å². The van der Waals surface area contributed by atoms with Crippen LogP contribution in [0.25, 0.3) is 0 Å². The summed E-state index contributed by atoms with van der Waals surface area (Å²) >= 11 is 0. The van der Waals surface area contributed by atoms with E-state index in [1.165, 1.54) is 23.1 Å². The van der Waals surface area contributed by atoms with Crippen LogP contribution in [0.15, 0.2) is 108 Å². The molecule has 0 bridgehead atoms. The summed E-state index contributed by atoms with van der Waals surface area (Å²) in [6, 6.07) is 27.1. The Labute approximate surface area is 248 Å². The number of halogens is 3. The lowest BCUT2D eigenvalue weighted by Crippen LogP contribution is -2.52. The number of sulfonamides is 1. The van der Waals surface area contributed by atoms with E-state index < -0.39 is 34.2 Å². The average molecular weight is 610 g/mol. The van der Waals surface area contributed by atoms with Crippen LogP contribution in [0.5, 0.6) is 11.5 Å². The van der Waals surface area contributed by atoms with E-state index >= 15 is 0 Å². The summed E-state index contributed by atoms with van der Waals surface area (Å²) in [6.07, 6.45) is -4.45. The second kappa shape index (κ2) is 12.4. The van der Waals surface area contributed by atoms with E-state index in [1.54, 1.807) is 59.5 Å². The number of piperazine rings is 1. The molecule has 0 atom stereocenters. The van der Waals surface area contributed by atoms with Crippen LogP contribution in [0.4, 0.5) is 24.5 Å². The van der Waals surface area contributed by atoms with Crippen LogP contribution in [-0.4, -0.2) is 51.9 Å². The number of benzene rings is 4. The molecule has 0 unspecified atom stereocenters. The molecular formula is C32H30F3N3O4S. The number of aryl methyl sites for hydroxylation is 1. The number of alkyl halides is 3. The fourth-order valence-electron chi connectivity index (χ4n) is 4.77. The number of carbonyl (C=O) groups is 1. The van der Waals surface area contributed by atoms with E-state index in [0.717, 1.165) is 22.0 Å². The van der Waals surface area contributed by atoms with Crippen molar-refractivity contribution in [2.24, 2.45) is 0 Å². The van der Waals surface area contributed by atoms with Gasteiger partial charge in [0.15, 0.2) is 0 Å². The highest BCUT2D eigenvalue weighted by atomic mass is 32.2. The molecule has 4 aromatic rings. The molecule has 1 fully saturated rings. The molecule has 0 N–H and O–H groups in total. The number of rotatable bonds is 8. The number of hydrogen-bond donors (Lipinski definition) is 0. The number of carbonyl (C=O) groups excluding carboxylic acids is 1. The van der Waals surface area contributed by atoms with Crippen molar-refractivity contribution in [2.45, 2.75) is 18.0 Å². The van der Waals surface area contributed by atoms with Gasteiger partial charge in [0, 0.05) is 31.9 Å². The summed E-state index contributed by atoms with van der Waals surface area (Å²) in [4.78, 5) is 16.8. The van der Waals surface area contributed by atoms with Gasteiger partial charge in [-0.15, -0.1) is 0 Å². The minimum absolute atomic E-state index is 0.0462. The van der Waals surface area contributed by atoms with Gasteiger partial charge in [-0.25, -0.2) is 8.42 Å². The van der Waals surface area contributed by atoms with Gasteiger partial charge in [-0.1, -0.05) is 42.0 Å². The number of anilines is 2. The molecule has 1 aliphatic rings. The van der Waals surface area contributed by atoms with Gasteiger partial charge in [-0.3, -0.25) is 9.10 Å². The lowest BCUT2D eigenvalue weighted by atomic mass is 10.1. The average Bonchev–Trinajstić information content (AvgIpc) is 3.01. The third-order valence-corrected chi connectivity index (χ3v) is 8.95. The van der Waals surface area contributed by atoms with E-state index in [4.69, 9.17) is 4.74 Å². The molecule has 1 saturated heterocycles. The third kappa shape index (κ3) is 7.11. The zero-order chi connectivity index (χ0) is 30.6. The Morgan fingerprint density at radius 2 is 1.44 bits per heavy atom. The molecule has 0 radical (unpaired) electrons. The number of amides is 1. The van der Waals surface area contributed by atoms with Gasteiger partial charge in [-0.2, -0.15) is 13.2 Å². The number of hydrogen-bond acceptors (Lipinski definition) is 5. The Morgan fingerprint density at radius 3 is 2.07 bits per heavy atom. The first-order valence-electron chi connectivity index (χ1n) is 13.6. The van der Waals surface area contributed by atoms with E-state index in [0.29, 0.717) is 30.3 Å². The van der Waals surface area contributed by atoms with Crippen LogP contribution < -0.4 is 13.9 Å². The van der Waals surface area contributed by atoms with Crippen molar-refractivity contribution in [1.82, 2.24) is 4.90 Å². The van der Waals surface area contributed by atoms with Gasteiger partial charge in [0.05, 0.1) is 16.1 Å². The second-order valence-electron chi connectivity index (χ2n) is 10.1. The zero-order valence-corrected chi connectivity index (χ0v) is 24.2. The minimum Gasteiger partial charge on any atom is -0.457 e. The number of ether oxygens (including phenoxy) is 1. The highest BCUT2D eigenvalue weighted by molar-refractivity contribution is 7.92. The quantitative estimate of drug-likeness (QED) is 0.233. The number of nitrogens with zero attached hydrogens (tertiary/aromatic N) is 3. The fourth-order valence-corrected chi connectivity index (χ4v) is 6.19. The number of para-hydroxylation sites is 1. The Morgan fingerprint density at radius 1 is 0.814 bits per heavy atom. The fraction of sp³-hybridized carbons (Fsp3) is 0.219. The maximum atomic E-state index is 13.8. The van der Waals surface area contributed by atoms with Crippen molar-refractivity contribution in [1.29, 1.82) is 0 Å². The molecule has 224 valence electrons. The SMILES string of the molecule is Cc1ccc(S(=O)(=O)N(CC(=O)N2CCN(c3cccc(C(F)(F)F)c3)CC2)c2ccc(Oc3ccccc3)cc2)cc1. The molecular weight excluding hydrogens is 579 g/mol. The van der Waals surface area contributed by atoms with Crippen LogP contribution in [0.3, 0.4) is 0 Å². The first kappa shape index (κ1) is 30.0. The lowest BCUT2D eigenvalue weighted by molar-refractivity contribution is -0.137. The zero-order valence-electron chi connectivity index (χ0n) is 23.4. The monoisotopic (exact) mass is 609 g/mol. The van der Waals surface area contributed by atoms with Crippen molar-refractivity contribution in [2.75, 3.05) is 41.9 Å². The molecule has 0 spiro atoms. The summed E-state index contributed by atoms with van der Waals surface area (Å²) in [6.45, 7) is 2.49. The third-order valence-electron chi connectivity index (χ3n) is 7.16. The molecule has 0 aliphatic carbocycles. The van der Waals surface area contributed by atoms with Crippen molar-refractivity contribution in [3.8, 4) is 11.5 Å². The van der Waals surface area contributed by atoms with E-state index in [-0.39, 0.29) is 23.7 Å². The summed E-state index contributed by atoms with van der Waals surface area (Å²) in [5.74, 6) is 0.711. The summed E-state index contributed by atoms with van der Waals surface area (Å²) in [7, 11) is -4.12. The normalized spacial score (nSPS) is 14.0. The molecule has 43 heavy (non-hydrogen) atoms. The van der Waals surface area contributed by atoms with E-state index in [2.05, 4.69) is 0 Å². The van der Waals surface area contributed by atoms with Gasteiger partial charge in [0.2, 0.25) is 5.91 Å². The molecule has 4 aromatic carbocycles. The largest absolute Gasteiger partial charge is 0.457 e. The van der Waals surface area contributed by atoms with Gasteiger partial charge in [0.25, 0.3) is 10.0 Å². The highest BCUT2D eigenvalue weighted by Crippen LogP contribution is 2.32. The smallest absolute Gasteiger partial charge is 0.416 e. The maximum Gasteiger partial charge on any atom is 0.416 e. The molecule has 5 rings (SSSR count). The Balaban J connectivity index is 1.34. The van der Waals surface area contributed by atoms with E-state index in [1.807, 2.05) is 25.1 Å². The maximum absolute atomic E-state index is 13.8. The summed E-state index contributed by atoms with van der Waals surface area (Å²) in [5.41, 5.74) is 0.864. The minimum atomic E-state index is -4.45. The standard InChI is InChI=1S/C32H30F3N3O4S/c1-24-10-16-30(17-11-24)43(40,41)38(26-12-14-29(15-13-26)42-28-8-3-2-4-9-28)23-31(39)37-20-18-36(19-21-37)27-7-5-6-25(22-27)32(33,34)35/h2-17,22H,18-21,23H2,1H3. The van der Waals surface area contributed by atoms with Crippen LogP contribution in [0.1, 0.15) is 11.1 Å². The van der Waals surface area contributed by atoms with Crippen LogP contribution in [-0.2, 0) is 21.0 Å². The summed E-state index contributed by atoms with van der Waals surface area (Å²) < 4.78 is 74.1. The van der Waals surface area contributed by atoms with Crippen molar-refractivity contribution in [3.05, 3.63) is 114 Å². The molecule has 11 heteroatoms. The molecule has 1 heterocycles. The van der Waals surface area contributed by atoms with Gasteiger partial charge >= 0.3 is 6.18 Å². The first-order valence-corrected chi connectivity index (χ1v) is 15.1. The second-order valence-corrected chi connectivity index (χ2v) is 12.0. The van der Waals surface area contributed by atoms with Crippen LogP contribution in [0, 0.1) is 6.92 Å². The van der Waals surface area contributed by atoms with Crippen LogP contribution >= 0.6 is 0 Å². The van der Waals surface area contributed by atoms with Gasteiger partial charge in [-0.05, 0) is 73.7 Å². The topological polar surface area (TPSA) is 70.2 Å². The Bertz CT molecular complexity index is 1660. The predicted octanol–water partition coefficient (Wildman–Crippen LogP) is 6.35. The Hall–Kier alpha value is -4.51. The molecule has 1 aliphatic heterocycles. The first-order chi connectivity index (χ1) is 20.5. The van der Waals surface area contributed by atoms with Crippen molar-refractivity contribution >= 4 is 27.3 Å². The molecule has 0 saturated carbocycles. The van der Waals surface area contributed by atoms with Crippen LogP contribution in [0.2, 0.25) is 0 Å². The van der Waals surface area contributed by atoms with Crippen molar-refractivity contribution in [3.63, 3.8) is 0 Å². The molecule has 0 aromatic heterocycles. The van der Waals surface area contributed by atoms with Gasteiger partial charge < -0.3 is 14.5 Å². The lowest BCUT2D eigenvalue weighted by Gasteiger charge is -2.37. The highest BCUT2D eigenvalue weighted by Gasteiger charge is 2.32. The summed E-state index contributed by atoms with van der Waals surface area (Å²) in [5, 5.41) is 0. The van der Waals surface area contributed by atoms with E-state index in [9.17, 15) is 26.4 Å². The Kier molecular flexibility index (Phi) is 8.63.